The third-order valence-corrected chi connectivity index (χ3v) is 7.58. The molecule has 0 spiro atoms. The number of hydrogen-bond acceptors (Lipinski definition) is 7. The highest BCUT2D eigenvalue weighted by molar-refractivity contribution is 7.89. The maximum Gasteiger partial charge on any atom is 0.238 e. The quantitative estimate of drug-likeness (QED) is 0.622. The number of rotatable bonds is 4. The summed E-state index contributed by atoms with van der Waals surface area (Å²) < 4.78 is 40.2. The molecular weight excluding hydrogens is 449 g/mol. The van der Waals surface area contributed by atoms with Crippen LogP contribution in [0, 0.1) is 5.82 Å². The van der Waals surface area contributed by atoms with Crippen molar-refractivity contribution in [1.82, 2.24) is 14.3 Å². The van der Waals surface area contributed by atoms with Crippen molar-refractivity contribution in [3.05, 3.63) is 58.3 Å². The number of pyridine rings is 1. The Bertz CT molecular complexity index is 1230. The number of anilines is 2. The molecule has 1 N–H and O–H groups in total. The van der Waals surface area contributed by atoms with Gasteiger partial charge in [0.2, 0.25) is 10.0 Å². The van der Waals surface area contributed by atoms with Crippen molar-refractivity contribution >= 4 is 50.1 Å². The monoisotopic (exact) mass is 465 g/mol. The topological polar surface area (TPSA) is 87.5 Å². The number of benzene rings is 1. The number of aromatic nitrogens is 2. The molecule has 4 rings (SSSR count). The fraction of sp³-hybridized carbons (Fsp3) is 0.211. The van der Waals surface area contributed by atoms with Crippen molar-refractivity contribution in [2.75, 3.05) is 18.1 Å². The summed E-state index contributed by atoms with van der Waals surface area (Å²) in [5.74, 6) is -0.845. The van der Waals surface area contributed by atoms with E-state index in [0.717, 1.165) is 4.31 Å². The van der Waals surface area contributed by atoms with E-state index in [4.69, 9.17) is 11.6 Å². The summed E-state index contributed by atoms with van der Waals surface area (Å²) in [4.78, 5) is 13.0. The van der Waals surface area contributed by atoms with Crippen molar-refractivity contribution in [2.24, 2.45) is 4.99 Å². The van der Waals surface area contributed by atoms with Gasteiger partial charge in [-0.25, -0.2) is 17.8 Å². The molecule has 3 heterocycles. The van der Waals surface area contributed by atoms with Crippen molar-refractivity contribution in [2.45, 2.75) is 12.5 Å². The molecule has 0 bridgehead atoms. The lowest BCUT2D eigenvalue weighted by molar-refractivity contribution is 0.465. The Labute approximate surface area is 182 Å². The van der Waals surface area contributed by atoms with Crippen LogP contribution in [0.5, 0.6) is 0 Å². The first-order valence-electron chi connectivity index (χ1n) is 8.82. The smallest absolute Gasteiger partial charge is 0.238 e. The molecule has 0 saturated heterocycles. The Morgan fingerprint density at radius 1 is 1.27 bits per heavy atom. The average Bonchev–Trinajstić information content (AvgIpc) is 3.15. The summed E-state index contributed by atoms with van der Waals surface area (Å²) in [5.41, 5.74) is 0.899. The van der Waals surface area contributed by atoms with Crippen LogP contribution in [-0.4, -0.2) is 41.8 Å². The van der Waals surface area contributed by atoms with Crippen LogP contribution in [0.15, 0.2) is 46.9 Å². The van der Waals surface area contributed by atoms with Crippen LogP contribution < -0.4 is 5.32 Å². The van der Waals surface area contributed by atoms with Gasteiger partial charge in [0, 0.05) is 29.9 Å². The number of thiazole rings is 1. The van der Waals surface area contributed by atoms with Crippen LogP contribution in [-0.2, 0) is 15.6 Å². The van der Waals surface area contributed by atoms with Gasteiger partial charge in [-0.2, -0.15) is 0 Å². The molecule has 1 aliphatic rings. The van der Waals surface area contributed by atoms with E-state index in [0.29, 0.717) is 27.2 Å². The number of hydrogen-bond donors (Lipinski definition) is 1. The SMILES string of the molecule is CN1C=NC(C)(c2cc(Nc3nc(-c4ccc(Cl)cn4)cs3)ccc2F)CS1(=O)=O. The lowest BCUT2D eigenvalue weighted by Crippen LogP contribution is -2.43. The first kappa shape index (κ1) is 20.7. The number of aliphatic imine (C=N–C) groups is 1. The first-order valence-corrected chi connectivity index (χ1v) is 11.7. The second kappa shape index (κ2) is 7.60. The molecule has 11 heteroatoms. The van der Waals surface area contributed by atoms with Crippen LogP contribution >= 0.6 is 22.9 Å². The fourth-order valence-corrected chi connectivity index (χ4v) is 5.21. The molecule has 156 valence electrons. The molecule has 0 radical (unpaired) electrons. The predicted octanol–water partition coefficient (Wildman–Crippen LogP) is 4.26. The lowest BCUT2D eigenvalue weighted by Gasteiger charge is -2.32. The standard InChI is InChI=1S/C19H17ClFN5O2S2/c1-19(10-30(27,28)26(2)11-23-19)14-7-13(4-5-15(14)21)24-18-25-17(9-29-18)16-6-3-12(20)8-22-16/h3-9,11H,10H2,1-2H3,(H,24,25). The van der Waals surface area contributed by atoms with Crippen LogP contribution in [0.2, 0.25) is 5.02 Å². The molecule has 0 saturated carbocycles. The molecule has 7 nitrogen and oxygen atoms in total. The number of nitrogens with zero attached hydrogens (tertiary/aromatic N) is 4. The molecule has 2 aromatic heterocycles. The molecule has 0 amide bonds. The van der Waals surface area contributed by atoms with Gasteiger partial charge in [-0.05, 0) is 37.3 Å². The number of sulfonamides is 1. The molecule has 0 fully saturated rings. The summed E-state index contributed by atoms with van der Waals surface area (Å²) in [6, 6.07) is 7.93. The average molecular weight is 466 g/mol. The lowest BCUT2D eigenvalue weighted by atomic mass is 9.93. The summed E-state index contributed by atoms with van der Waals surface area (Å²) in [6.45, 7) is 1.60. The van der Waals surface area contributed by atoms with Gasteiger partial charge in [0.25, 0.3) is 0 Å². The normalized spacial score (nSPS) is 20.3. The van der Waals surface area contributed by atoms with Crippen LogP contribution in [0.3, 0.4) is 0 Å². The minimum absolute atomic E-state index is 0.191. The zero-order valence-corrected chi connectivity index (χ0v) is 18.4. The van der Waals surface area contributed by atoms with Crippen molar-refractivity contribution < 1.29 is 12.8 Å². The molecule has 1 aliphatic heterocycles. The maximum atomic E-state index is 14.6. The summed E-state index contributed by atoms with van der Waals surface area (Å²) in [6.07, 6.45) is 2.76. The van der Waals surface area contributed by atoms with E-state index in [1.54, 1.807) is 37.4 Å². The molecule has 0 aliphatic carbocycles. The Morgan fingerprint density at radius 2 is 2.07 bits per heavy atom. The molecule has 1 unspecified atom stereocenters. The van der Waals surface area contributed by atoms with Gasteiger partial charge < -0.3 is 5.32 Å². The molecule has 1 aromatic carbocycles. The minimum atomic E-state index is -3.57. The Balaban J connectivity index is 1.62. The summed E-state index contributed by atoms with van der Waals surface area (Å²) in [5, 5.41) is 6.11. The molecule has 3 aromatic rings. The van der Waals surface area contributed by atoms with E-state index >= 15 is 0 Å². The maximum absolute atomic E-state index is 14.6. The third-order valence-electron chi connectivity index (χ3n) is 4.70. The van der Waals surface area contributed by atoms with Crippen molar-refractivity contribution in [3.8, 4) is 11.4 Å². The van der Waals surface area contributed by atoms with Gasteiger partial charge in [0.05, 0.1) is 22.8 Å². The van der Waals surface area contributed by atoms with Gasteiger partial charge >= 0.3 is 0 Å². The summed E-state index contributed by atoms with van der Waals surface area (Å²) in [7, 11) is -2.16. The minimum Gasteiger partial charge on any atom is -0.332 e. The van der Waals surface area contributed by atoms with Gasteiger partial charge in [-0.15, -0.1) is 11.3 Å². The second-order valence-electron chi connectivity index (χ2n) is 7.01. The highest BCUT2D eigenvalue weighted by Gasteiger charge is 2.39. The zero-order valence-electron chi connectivity index (χ0n) is 16.0. The highest BCUT2D eigenvalue weighted by atomic mass is 35.5. The van der Waals surface area contributed by atoms with E-state index < -0.39 is 21.4 Å². The summed E-state index contributed by atoms with van der Waals surface area (Å²) >= 11 is 7.23. The van der Waals surface area contributed by atoms with Gasteiger partial charge in [-0.1, -0.05) is 11.6 Å². The van der Waals surface area contributed by atoms with Gasteiger partial charge in [-0.3, -0.25) is 14.3 Å². The van der Waals surface area contributed by atoms with Crippen molar-refractivity contribution in [3.63, 3.8) is 0 Å². The van der Waals surface area contributed by atoms with Crippen LogP contribution in [0.1, 0.15) is 12.5 Å². The Kier molecular flexibility index (Phi) is 5.25. The number of halogens is 2. The van der Waals surface area contributed by atoms with E-state index in [2.05, 4.69) is 20.3 Å². The van der Waals surface area contributed by atoms with E-state index in [1.807, 2.05) is 5.38 Å². The highest BCUT2D eigenvalue weighted by Crippen LogP contribution is 2.35. The Hall–Kier alpha value is -2.56. The Morgan fingerprint density at radius 3 is 2.77 bits per heavy atom. The fourth-order valence-electron chi connectivity index (χ4n) is 3.04. The zero-order chi connectivity index (χ0) is 21.5. The van der Waals surface area contributed by atoms with Gasteiger partial charge in [0.1, 0.15) is 17.1 Å². The third kappa shape index (κ3) is 4.03. The number of nitrogens with one attached hydrogen (secondary N) is 1. The van der Waals surface area contributed by atoms with Crippen LogP contribution in [0.4, 0.5) is 15.2 Å². The van der Waals surface area contributed by atoms with Gasteiger partial charge in [0.15, 0.2) is 5.13 Å². The van der Waals surface area contributed by atoms with Crippen molar-refractivity contribution in [1.29, 1.82) is 0 Å². The van der Waals surface area contributed by atoms with E-state index in [1.165, 1.54) is 30.8 Å². The van der Waals surface area contributed by atoms with Crippen LogP contribution in [0.25, 0.3) is 11.4 Å². The predicted molar refractivity (Wildman–Crippen MR) is 117 cm³/mol. The van der Waals surface area contributed by atoms with E-state index in [-0.39, 0.29) is 11.3 Å². The first-order chi connectivity index (χ1) is 14.2. The molecular formula is C19H17ClFN5O2S2. The molecule has 1 atom stereocenters. The second-order valence-corrected chi connectivity index (χ2v) is 10.3. The largest absolute Gasteiger partial charge is 0.332 e. The van der Waals surface area contributed by atoms with E-state index in [9.17, 15) is 12.8 Å². The molecule has 30 heavy (non-hydrogen) atoms.